The molecule has 2 aliphatic rings. The summed E-state index contributed by atoms with van der Waals surface area (Å²) in [5, 5.41) is 3.56. The van der Waals surface area contributed by atoms with Crippen LogP contribution in [-0.2, 0) is 0 Å². The Kier molecular flexibility index (Phi) is 7.25. The van der Waals surface area contributed by atoms with E-state index in [2.05, 4.69) is 5.32 Å². The molecule has 6 rings (SSSR count). The van der Waals surface area contributed by atoms with Gasteiger partial charge in [0.1, 0.15) is 17.3 Å². The molecule has 1 amide bonds. The molecule has 0 atom stereocenters. The Bertz CT molecular complexity index is 1670. The molecule has 0 spiro atoms. The number of amides is 1. The van der Waals surface area contributed by atoms with E-state index >= 15 is 8.78 Å². The van der Waals surface area contributed by atoms with Gasteiger partial charge in [0.15, 0.2) is 5.65 Å². The van der Waals surface area contributed by atoms with Crippen LogP contribution in [0.4, 0.5) is 14.7 Å². The monoisotopic (exact) mass is 558 g/mol. The highest BCUT2D eigenvalue weighted by Gasteiger charge is 2.25. The van der Waals surface area contributed by atoms with Gasteiger partial charge in [-0.1, -0.05) is 25.0 Å². The average Bonchev–Trinajstić information content (AvgIpc) is 3.47. The number of benzene rings is 2. The summed E-state index contributed by atoms with van der Waals surface area (Å²) in [5.74, 6) is -1.60. The van der Waals surface area contributed by atoms with E-state index in [0.29, 0.717) is 41.2 Å². The highest BCUT2D eigenvalue weighted by Crippen LogP contribution is 2.33. The molecule has 0 bridgehead atoms. The zero-order valence-electron chi connectivity index (χ0n) is 22.9. The zero-order valence-corrected chi connectivity index (χ0v) is 22.9. The molecular formula is C31H32F2N6O2. The zero-order chi connectivity index (χ0) is 28.7. The Hall–Kier alpha value is -4.18. The van der Waals surface area contributed by atoms with E-state index in [1.807, 2.05) is 17.9 Å². The molecule has 2 fully saturated rings. The highest BCUT2D eigenvalue weighted by atomic mass is 19.1. The number of rotatable bonds is 5. The molecule has 2 aromatic heterocycles. The van der Waals surface area contributed by atoms with E-state index in [1.165, 1.54) is 12.1 Å². The molecule has 212 valence electrons. The van der Waals surface area contributed by atoms with Crippen molar-refractivity contribution in [3.8, 4) is 16.9 Å². The van der Waals surface area contributed by atoms with E-state index in [9.17, 15) is 9.59 Å². The van der Waals surface area contributed by atoms with E-state index < -0.39 is 22.9 Å². The number of nitrogens with one attached hydrogen (secondary N) is 1. The van der Waals surface area contributed by atoms with Crippen LogP contribution >= 0.6 is 0 Å². The van der Waals surface area contributed by atoms with Crippen molar-refractivity contribution in [3.05, 3.63) is 81.6 Å². The predicted molar refractivity (Wildman–Crippen MR) is 154 cm³/mol. The van der Waals surface area contributed by atoms with E-state index in [-0.39, 0.29) is 23.6 Å². The first kappa shape index (κ1) is 27.0. The number of hydrogen-bond donors (Lipinski definition) is 2. The second kappa shape index (κ2) is 11.0. The number of para-hydroxylation sites is 1. The standard InChI is InChI=1S/C31H32F2N6O2/c1-18-9-10-19(30(41)35-21-5-2-3-6-21)17-23(18)27-22-11-12-26(40)39(28-24(32)7-4-8-25(28)33)29(22)37-31(36-27)38-15-13-20(34)14-16-38/h4,7-12,17,20-21H,2-3,5-6,13-16,34H2,1H3,(H,35,41). The van der Waals surface area contributed by atoms with Gasteiger partial charge in [-0.3, -0.25) is 14.2 Å². The maximum absolute atomic E-state index is 15.0. The number of aromatic nitrogens is 3. The van der Waals surface area contributed by atoms with Gasteiger partial charge in [-0.25, -0.2) is 13.8 Å². The van der Waals surface area contributed by atoms with Crippen LogP contribution in [0.1, 0.15) is 54.4 Å². The molecule has 2 aromatic carbocycles. The molecule has 41 heavy (non-hydrogen) atoms. The molecule has 8 nitrogen and oxygen atoms in total. The Morgan fingerprint density at radius 3 is 2.39 bits per heavy atom. The first-order chi connectivity index (χ1) is 19.8. The van der Waals surface area contributed by atoms with E-state index in [0.717, 1.165) is 60.8 Å². The Balaban J connectivity index is 1.57. The summed E-state index contributed by atoms with van der Waals surface area (Å²) in [6, 6.07) is 11.9. The first-order valence-corrected chi connectivity index (χ1v) is 14.1. The van der Waals surface area contributed by atoms with Crippen LogP contribution in [0.3, 0.4) is 0 Å². The van der Waals surface area contributed by atoms with Gasteiger partial charge in [0.05, 0.1) is 5.69 Å². The van der Waals surface area contributed by atoms with Gasteiger partial charge in [-0.15, -0.1) is 0 Å². The van der Waals surface area contributed by atoms with Crippen molar-refractivity contribution in [3.63, 3.8) is 0 Å². The van der Waals surface area contributed by atoms with Crippen LogP contribution in [0.5, 0.6) is 0 Å². The molecule has 3 heterocycles. The third kappa shape index (κ3) is 5.19. The first-order valence-electron chi connectivity index (χ1n) is 14.1. The smallest absolute Gasteiger partial charge is 0.256 e. The fourth-order valence-electron chi connectivity index (χ4n) is 5.83. The predicted octanol–water partition coefficient (Wildman–Crippen LogP) is 4.63. The van der Waals surface area contributed by atoms with E-state index in [4.69, 9.17) is 15.7 Å². The summed E-state index contributed by atoms with van der Waals surface area (Å²) >= 11 is 0. The van der Waals surface area contributed by atoms with Gasteiger partial charge >= 0.3 is 0 Å². The van der Waals surface area contributed by atoms with E-state index in [1.54, 1.807) is 18.2 Å². The van der Waals surface area contributed by atoms with Crippen molar-refractivity contribution < 1.29 is 13.6 Å². The van der Waals surface area contributed by atoms with Crippen molar-refractivity contribution in [2.45, 2.75) is 57.5 Å². The third-order valence-electron chi connectivity index (χ3n) is 8.17. The molecule has 1 saturated heterocycles. The van der Waals surface area contributed by atoms with Gasteiger partial charge < -0.3 is 16.0 Å². The molecule has 1 aliphatic carbocycles. The number of carbonyl (C=O) groups excluding carboxylic acids is 1. The number of anilines is 1. The molecule has 4 aromatic rings. The number of pyridine rings is 1. The topological polar surface area (TPSA) is 106 Å². The van der Waals surface area contributed by atoms with Crippen LogP contribution in [0.25, 0.3) is 28.0 Å². The lowest BCUT2D eigenvalue weighted by Crippen LogP contribution is -2.40. The highest BCUT2D eigenvalue weighted by molar-refractivity contribution is 5.98. The molecule has 1 aliphatic heterocycles. The van der Waals surface area contributed by atoms with Crippen LogP contribution in [0.15, 0.2) is 53.3 Å². The minimum atomic E-state index is -0.882. The number of fused-ring (bicyclic) bond motifs is 1. The van der Waals surface area contributed by atoms with Crippen molar-refractivity contribution in [1.82, 2.24) is 19.9 Å². The molecule has 0 radical (unpaired) electrons. The van der Waals surface area contributed by atoms with Gasteiger partial charge in [-0.2, -0.15) is 4.98 Å². The second-order valence-corrected chi connectivity index (χ2v) is 11.0. The molecular weight excluding hydrogens is 526 g/mol. The molecule has 10 heteroatoms. The maximum atomic E-state index is 15.0. The molecule has 0 unspecified atom stereocenters. The summed E-state index contributed by atoms with van der Waals surface area (Å²) in [6.45, 7) is 3.11. The fourth-order valence-corrected chi connectivity index (χ4v) is 5.83. The summed E-state index contributed by atoms with van der Waals surface area (Å²) in [6.07, 6.45) is 5.60. The fraction of sp³-hybridized carbons (Fsp3) is 0.355. The normalized spacial score (nSPS) is 16.4. The summed E-state index contributed by atoms with van der Waals surface area (Å²) < 4.78 is 31.0. The van der Waals surface area contributed by atoms with Crippen molar-refractivity contribution in [2.24, 2.45) is 5.73 Å². The SMILES string of the molecule is Cc1ccc(C(=O)NC2CCCC2)cc1-c1nc(N2CCC(N)CC2)nc2c1ccc(=O)n2-c1c(F)cccc1F. The number of piperidine rings is 1. The Labute approximate surface area is 236 Å². The quantitative estimate of drug-likeness (QED) is 0.370. The lowest BCUT2D eigenvalue weighted by molar-refractivity contribution is 0.0938. The number of nitrogens with zero attached hydrogens (tertiary/aromatic N) is 4. The lowest BCUT2D eigenvalue weighted by Gasteiger charge is -2.30. The summed E-state index contributed by atoms with van der Waals surface area (Å²) in [7, 11) is 0. The number of nitrogens with two attached hydrogens (primary N) is 1. The van der Waals surface area contributed by atoms with Crippen molar-refractivity contribution in [2.75, 3.05) is 18.0 Å². The molecule has 3 N–H and O–H groups in total. The van der Waals surface area contributed by atoms with Crippen molar-refractivity contribution in [1.29, 1.82) is 0 Å². The summed E-state index contributed by atoms with van der Waals surface area (Å²) in [5.41, 5.74) is 7.57. The van der Waals surface area contributed by atoms with Crippen LogP contribution in [0, 0.1) is 18.6 Å². The Morgan fingerprint density at radius 1 is 0.976 bits per heavy atom. The number of carbonyl (C=O) groups is 1. The number of hydrogen-bond acceptors (Lipinski definition) is 6. The number of halogens is 2. The lowest BCUT2D eigenvalue weighted by atomic mass is 9.99. The van der Waals surface area contributed by atoms with Gasteiger partial charge in [0.2, 0.25) is 5.95 Å². The number of aryl methyl sites for hydroxylation is 1. The van der Waals surface area contributed by atoms with Gasteiger partial charge in [0.25, 0.3) is 11.5 Å². The van der Waals surface area contributed by atoms with Gasteiger partial charge in [-0.05, 0) is 68.5 Å². The van der Waals surface area contributed by atoms with Crippen molar-refractivity contribution >= 4 is 22.9 Å². The average molecular weight is 559 g/mol. The molecule has 1 saturated carbocycles. The third-order valence-corrected chi connectivity index (χ3v) is 8.17. The summed E-state index contributed by atoms with van der Waals surface area (Å²) in [4.78, 5) is 38.0. The van der Waals surface area contributed by atoms with Crippen LogP contribution in [-0.4, -0.2) is 45.6 Å². The second-order valence-electron chi connectivity index (χ2n) is 11.0. The maximum Gasteiger partial charge on any atom is 0.256 e. The minimum absolute atomic E-state index is 0.0640. The van der Waals surface area contributed by atoms with Crippen LogP contribution in [0.2, 0.25) is 0 Å². The Morgan fingerprint density at radius 2 is 1.68 bits per heavy atom. The minimum Gasteiger partial charge on any atom is -0.349 e. The largest absolute Gasteiger partial charge is 0.349 e. The van der Waals surface area contributed by atoms with Gasteiger partial charge in [0, 0.05) is 47.8 Å². The van der Waals surface area contributed by atoms with Crippen LogP contribution < -0.4 is 21.5 Å².